The molecule has 14 heavy (non-hydrogen) atoms. The second-order valence-corrected chi connectivity index (χ2v) is 6.65. The van der Waals surface area contributed by atoms with Gasteiger partial charge in [0.25, 0.3) is 0 Å². The monoisotopic (exact) mass is 220 g/mol. The number of nitrogens with one attached hydrogen (secondary N) is 1. The lowest BCUT2D eigenvalue weighted by Gasteiger charge is -2.44. The third kappa shape index (κ3) is 2.61. The SMILES string of the molecule is OS1(O)CCC(N2CCNCC2)CC1. The summed E-state index contributed by atoms with van der Waals surface area (Å²) in [7, 11) is -2.20. The van der Waals surface area contributed by atoms with E-state index in [9.17, 15) is 9.11 Å². The van der Waals surface area contributed by atoms with E-state index in [2.05, 4.69) is 10.2 Å². The molecule has 4 nitrogen and oxygen atoms in total. The Balaban J connectivity index is 1.82. The van der Waals surface area contributed by atoms with Gasteiger partial charge >= 0.3 is 0 Å². The van der Waals surface area contributed by atoms with Crippen molar-refractivity contribution in [1.29, 1.82) is 0 Å². The van der Waals surface area contributed by atoms with Crippen LogP contribution in [0, 0.1) is 0 Å². The molecule has 2 fully saturated rings. The third-order valence-corrected chi connectivity index (χ3v) is 5.00. The van der Waals surface area contributed by atoms with Crippen LogP contribution in [-0.2, 0) is 0 Å². The smallest absolute Gasteiger partial charge is 0.0389 e. The number of piperazine rings is 1. The summed E-state index contributed by atoms with van der Waals surface area (Å²) in [4.78, 5) is 2.49. The lowest BCUT2D eigenvalue weighted by molar-refractivity contribution is 0.160. The Morgan fingerprint density at radius 1 is 1.07 bits per heavy atom. The molecule has 0 aromatic carbocycles. The van der Waals surface area contributed by atoms with Crippen molar-refractivity contribution in [1.82, 2.24) is 10.2 Å². The van der Waals surface area contributed by atoms with Crippen LogP contribution in [0.4, 0.5) is 0 Å². The van der Waals surface area contributed by atoms with Gasteiger partial charge in [-0.2, -0.15) is 10.6 Å². The summed E-state index contributed by atoms with van der Waals surface area (Å²) >= 11 is 0. The maximum atomic E-state index is 9.50. The van der Waals surface area contributed by atoms with Crippen LogP contribution < -0.4 is 5.32 Å². The molecule has 3 N–H and O–H groups in total. The van der Waals surface area contributed by atoms with Gasteiger partial charge in [-0.15, -0.1) is 0 Å². The molecule has 0 bridgehead atoms. The van der Waals surface area contributed by atoms with Crippen molar-refractivity contribution in [2.45, 2.75) is 18.9 Å². The molecule has 5 heteroatoms. The van der Waals surface area contributed by atoms with E-state index in [4.69, 9.17) is 0 Å². The van der Waals surface area contributed by atoms with E-state index in [0.29, 0.717) is 17.5 Å². The summed E-state index contributed by atoms with van der Waals surface area (Å²) in [6.45, 7) is 4.38. The summed E-state index contributed by atoms with van der Waals surface area (Å²) in [6, 6.07) is 0.594. The number of nitrogens with zero attached hydrogens (tertiary/aromatic N) is 1. The molecule has 2 aliphatic heterocycles. The highest BCUT2D eigenvalue weighted by atomic mass is 32.3. The van der Waals surface area contributed by atoms with E-state index in [-0.39, 0.29) is 0 Å². The van der Waals surface area contributed by atoms with Gasteiger partial charge in [-0.3, -0.25) is 14.0 Å². The van der Waals surface area contributed by atoms with E-state index in [1.165, 1.54) is 0 Å². The van der Waals surface area contributed by atoms with Gasteiger partial charge in [-0.05, 0) is 12.8 Å². The maximum Gasteiger partial charge on any atom is 0.0389 e. The van der Waals surface area contributed by atoms with Gasteiger partial charge in [0.1, 0.15) is 0 Å². The van der Waals surface area contributed by atoms with Crippen LogP contribution >= 0.6 is 10.6 Å². The van der Waals surface area contributed by atoms with Gasteiger partial charge in [-0.1, -0.05) is 0 Å². The van der Waals surface area contributed by atoms with Gasteiger partial charge in [0.15, 0.2) is 0 Å². The van der Waals surface area contributed by atoms with Gasteiger partial charge in [0.2, 0.25) is 0 Å². The Kier molecular flexibility index (Phi) is 3.34. The molecule has 2 heterocycles. The molecule has 0 spiro atoms. The summed E-state index contributed by atoms with van der Waals surface area (Å²) in [5.74, 6) is 1.23. The first-order valence-electron chi connectivity index (χ1n) is 5.36. The van der Waals surface area contributed by atoms with Crippen LogP contribution in [-0.4, -0.2) is 57.7 Å². The quantitative estimate of drug-likeness (QED) is 0.612. The Labute approximate surface area is 87.0 Å². The standard InChI is InChI=1S/C9H20N2O2S/c12-14(13)7-1-9(2-8-14)11-5-3-10-4-6-11/h9-10,12-13H,1-8H2. The molecule has 2 saturated heterocycles. The van der Waals surface area contributed by atoms with Gasteiger partial charge < -0.3 is 5.32 Å². The molecular weight excluding hydrogens is 200 g/mol. The first kappa shape index (κ1) is 10.7. The van der Waals surface area contributed by atoms with Gasteiger partial charge in [-0.25, -0.2) is 0 Å². The van der Waals surface area contributed by atoms with Crippen LogP contribution in [0.15, 0.2) is 0 Å². The van der Waals surface area contributed by atoms with E-state index < -0.39 is 10.6 Å². The van der Waals surface area contributed by atoms with Crippen molar-refractivity contribution in [2.75, 3.05) is 37.7 Å². The lowest BCUT2D eigenvalue weighted by atomic mass is 10.1. The average molecular weight is 220 g/mol. The summed E-state index contributed by atoms with van der Waals surface area (Å²) in [5, 5.41) is 3.33. The van der Waals surface area contributed by atoms with Crippen molar-refractivity contribution < 1.29 is 9.11 Å². The van der Waals surface area contributed by atoms with E-state index in [1.807, 2.05) is 0 Å². The number of hydrogen-bond acceptors (Lipinski definition) is 4. The molecule has 0 radical (unpaired) electrons. The molecule has 0 saturated carbocycles. The van der Waals surface area contributed by atoms with Crippen molar-refractivity contribution in [3.63, 3.8) is 0 Å². The summed E-state index contributed by atoms with van der Waals surface area (Å²) in [6.07, 6.45) is 1.92. The molecule has 2 rings (SSSR count). The fourth-order valence-corrected chi connectivity index (χ4v) is 3.81. The Morgan fingerprint density at radius 2 is 1.64 bits per heavy atom. The van der Waals surface area contributed by atoms with Crippen LogP contribution in [0.2, 0.25) is 0 Å². The first-order valence-corrected chi connectivity index (χ1v) is 7.24. The highest BCUT2D eigenvalue weighted by Crippen LogP contribution is 2.44. The second-order valence-electron chi connectivity index (χ2n) is 4.23. The van der Waals surface area contributed by atoms with Gasteiger partial charge in [0, 0.05) is 43.7 Å². The molecule has 0 aromatic rings. The molecule has 0 atom stereocenters. The topological polar surface area (TPSA) is 55.7 Å². The Hall–Kier alpha value is 0.190. The molecular formula is C9H20N2O2S. The summed E-state index contributed by atoms with van der Waals surface area (Å²) in [5.41, 5.74) is 0. The second kappa shape index (κ2) is 4.37. The maximum absolute atomic E-state index is 9.50. The largest absolute Gasteiger partial charge is 0.314 e. The molecule has 2 aliphatic rings. The highest BCUT2D eigenvalue weighted by molar-refractivity contribution is 8.24. The fourth-order valence-electron chi connectivity index (χ4n) is 2.31. The molecule has 0 aliphatic carbocycles. The lowest BCUT2D eigenvalue weighted by Crippen LogP contribution is -2.50. The first-order chi connectivity index (χ1) is 6.67. The Morgan fingerprint density at radius 3 is 2.21 bits per heavy atom. The number of hydrogen-bond donors (Lipinski definition) is 3. The normalized spacial score (nSPS) is 32.7. The molecule has 0 aromatic heterocycles. The van der Waals surface area contributed by atoms with Crippen LogP contribution in [0.3, 0.4) is 0 Å². The zero-order chi connectivity index (χ0) is 10.0. The van der Waals surface area contributed by atoms with Crippen molar-refractivity contribution >= 4 is 10.6 Å². The predicted molar refractivity (Wildman–Crippen MR) is 60.0 cm³/mol. The Bertz CT molecular complexity index is 185. The van der Waals surface area contributed by atoms with Crippen molar-refractivity contribution in [3.8, 4) is 0 Å². The zero-order valence-electron chi connectivity index (χ0n) is 8.48. The van der Waals surface area contributed by atoms with Crippen molar-refractivity contribution in [3.05, 3.63) is 0 Å². The fraction of sp³-hybridized carbons (Fsp3) is 1.00. The predicted octanol–water partition coefficient (Wildman–Crippen LogP) is 0.805. The van der Waals surface area contributed by atoms with Crippen LogP contribution in [0.1, 0.15) is 12.8 Å². The molecule has 0 amide bonds. The minimum Gasteiger partial charge on any atom is -0.314 e. The van der Waals surface area contributed by atoms with Crippen molar-refractivity contribution in [2.24, 2.45) is 0 Å². The van der Waals surface area contributed by atoms with E-state index in [1.54, 1.807) is 0 Å². The van der Waals surface area contributed by atoms with Crippen LogP contribution in [0.5, 0.6) is 0 Å². The minimum atomic E-state index is -2.20. The number of rotatable bonds is 1. The average Bonchev–Trinajstić information content (AvgIpc) is 2.19. The highest BCUT2D eigenvalue weighted by Gasteiger charge is 2.28. The van der Waals surface area contributed by atoms with E-state index in [0.717, 1.165) is 39.0 Å². The summed E-state index contributed by atoms with van der Waals surface area (Å²) < 4.78 is 19.0. The zero-order valence-corrected chi connectivity index (χ0v) is 9.30. The van der Waals surface area contributed by atoms with E-state index >= 15 is 0 Å². The van der Waals surface area contributed by atoms with Crippen LogP contribution in [0.25, 0.3) is 0 Å². The minimum absolute atomic E-state index is 0.594. The molecule has 0 unspecified atom stereocenters. The molecule has 84 valence electrons. The van der Waals surface area contributed by atoms with Gasteiger partial charge in [0.05, 0.1) is 0 Å². The third-order valence-electron chi connectivity index (χ3n) is 3.22.